The third kappa shape index (κ3) is 4.68. The first-order valence-electron chi connectivity index (χ1n) is 8.84. The topological polar surface area (TPSA) is 67.3 Å². The summed E-state index contributed by atoms with van der Waals surface area (Å²) in [6.45, 7) is 4.93. The Bertz CT molecular complexity index is 697. The van der Waals surface area contributed by atoms with Crippen molar-refractivity contribution in [3.8, 4) is 5.75 Å². The van der Waals surface area contributed by atoms with Gasteiger partial charge in [-0.1, -0.05) is 0 Å². The maximum Gasteiger partial charge on any atom is 0.251 e. The van der Waals surface area contributed by atoms with Crippen molar-refractivity contribution in [1.29, 1.82) is 0 Å². The van der Waals surface area contributed by atoms with Gasteiger partial charge in [0.1, 0.15) is 5.75 Å². The second-order valence-corrected chi connectivity index (χ2v) is 6.04. The number of benzene rings is 1. The third-order valence-electron chi connectivity index (χ3n) is 4.20. The van der Waals surface area contributed by atoms with Crippen LogP contribution in [0, 0.1) is 0 Å². The van der Waals surface area contributed by atoms with Crippen LogP contribution in [0.5, 0.6) is 5.75 Å². The van der Waals surface area contributed by atoms with Gasteiger partial charge in [-0.15, -0.1) is 0 Å². The number of piperidine rings is 1. The summed E-state index contributed by atoms with van der Waals surface area (Å²) >= 11 is 0. The molecular formula is C19H24N4O2. The van der Waals surface area contributed by atoms with E-state index in [0.717, 1.165) is 30.5 Å². The molecule has 0 spiro atoms. The van der Waals surface area contributed by atoms with E-state index in [-0.39, 0.29) is 5.91 Å². The fourth-order valence-electron chi connectivity index (χ4n) is 2.87. The average molecular weight is 340 g/mol. The molecule has 1 saturated heterocycles. The summed E-state index contributed by atoms with van der Waals surface area (Å²) in [5, 5.41) is 2.91. The van der Waals surface area contributed by atoms with E-state index >= 15 is 0 Å². The Hall–Kier alpha value is -2.63. The number of aromatic nitrogens is 2. The molecule has 0 atom stereocenters. The van der Waals surface area contributed by atoms with E-state index in [0.29, 0.717) is 18.7 Å². The molecule has 1 fully saturated rings. The van der Waals surface area contributed by atoms with E-state index in [4.69, 9.17) is 4.74 Å². The largest absolute Gasteiger partial charge is 0.494 e. The maximum absolute atomic E-state index is 12.3. The molecule has 2 heterocycles. The highest BCUT2D eigenvalue weighted by Gasteiger charge is 2.14. The Morgan fingerprint density at radius 2 is 1.92 bits per heavy atom. The molecule has 1 aliphatic heterocycles. The molecule has 0 bridgehead atoms. The molecule has 1 aromatic heterocycles. The number of carbonyl (C=O) groups excluding carboxylic acids is 1. The summed E-state index contributed by atoms with van der Waals surface area (Å²) in [5.41, 5.74) is 1.42. The van der Waals surface area contributed by atoms with Crippen LogP contribution in [0.4, 0.5) is 5.95 Å². The summed E-state index contributed by atoms with van der Waals surface area (Å²) < 4.78 is 5.39. The van der Waals surface area contributed by atoms with Crippen molar-refractivity contribution in [2.75, 3.05) is 24.6 Å². The minimum atomic E-state index is -0.124. The van der Waals surface area contributed by atoms with Crippen molar-refractivity contribution in [1.82, 2.24) is 15.3 Å². The van der Waals surface area contributed by atoms with Gasteiger partial charge in [0.25, 0.3) is 5.91 Å². The van der Waals surface area contributed by atoms with Crippen LogP contribution in [-0.4, -0.2) is 35.6 Å². The first-order chi connectivity index (χ1) is 12.3. The van der Waals surface area contributed by atoms with Gasteiger partial charge >= 0.3 is 0 Å². The Balaban J connectivity index is 1.58. The predicted octanol–water partition coefficient (Wildman–Crippen LogP) is 2.80. The van der Waals surface area contributed by atoms with E-state index in [1.54, 1.807) is 30.5 Å². The van der Waals surface area contributed by atoms with Gasteiger partial charge in [-0.3, -0.25) is 4.79 Å². The lowest BCUT2D eigenvalue weighted by Gasteiger charge is -2.26. The van der Waals surface area contributed by atoms with Crippen LogP contribution in [0.2, 0.25) is 0 Å². The summed E-state index contributed by atoms with van der Waals surface area (Å²) in [5.74, 6) is 1.40. The zero-order valence-electron chi connectivity index (χ0n) is 14.6. The van der Waals surface area contributed by atoms with Gasteiger partial charge in [0, 0.05) is 24.8 Å². The highest BCUT2D eigenvalue weighted by atomic mass is 16.5. The van der Waals surface area contributed by atoms with E-state index in [1.165, 1.54) is 19.3 Å². The fourth-order valence-corrected chi connectivity index (χ4v) is 2.87. The number of hydrogen-bond acceptors (Lipinski definition) is 5. The first-order valence-corrected chi connectivity index (χ1v) is 8.84. The lowest BCUT2D eigenvalue weighted by molar-refractivity contribution is 0.0950. The average Bonchev–Trinajstić information content (AvgIpc) is 2.68. The van der Waals surface area contributed by atoms with E-state index in [1.807, 2.05) is 13.0 Å². The van der Waals surface area contributed by atoms with Crippen LogP contribution >= 0.6 is 0 Å². The normalized spacial score (nSPS) is 14.2. The van der Waals surface area contributed by atoms with Crippen LogP contribution in [-0.2, 0) is 6.54 Å². The molecule has 2 aromatic rings. The van der Waals surface area contributed by atoms with E-state index in [9.17, 15) is 4.79 Å². The summed E-state index contributed by atoms with van der Waals surface area (Å²) in [4.78, 5) is 23.4. The van der Waals surface area contributed by atoms with Crippen molar-refractivity contribution in [3.05, 3.63) is 47.8 Å². The van der Waals surface area contributed by atoms with Crippen molar-refractivity contribution in [2.24, 2.45) is 0 Å². The minimum absolute atomic E-state index is 0.124. The Morgan fingerprint density at radius 3 is 2.64 bits per heavy atom. The molecule has 6 nitrogen and oxygen atoms in total. The molecule has 1 aliphatic rings. The van der Waals surface area contributed by atoms with Crippen molar-refractivity contribution in [3.63, 3.8) is 0 Å². The monoisotopic (exact) mass is 340 g/mol. The molecule has 1 N–H and O–H groups in total. The molecule has 3 rings (SSSR count). The van der Waals surface area contributed by atoms with Crippen LogP contribution in [0.3, 0.4) is 0 Å². The highest BCUT2D eigenvalue weighted by molar-refractivity contribution is 5.94. The van der Waals surface area contributed by atoms with Crippen molar-refractivity contribution in [2.45, 2.75) is 32.7 Å². The van der Waals surface area contributed by atoms with Gasteiger partial charge in [-0.2, -0.15) is 0 Å². The zero-order chi connectivity index (χ0) is 17.5. The minimum Gasteiger partial charge on any atom is -0.494 e. The third-order valence-corrected chi connectivity index (χ3v) is 4.20. The number of hydrogen-bond donors (Lipinski definition) is 1. The predicted molar refractivity (Wildman–Crippen MR) is 96.9 cm³/mol. The van der Waals surface area contributed by atoms with Gasteiger partial charge in [0.15, 0.2) is 0 Å². The second kappa shape index (κ2) is 8.46. The van der Waals surface area contributed by atoms with Crippen molar-refractivity contribution < 1.29 is 9.53 Å². The molecule has 0 unspecified atom stereocenters. The molecule has 6 heteroatoms. The molecule has 1 amide bonds. The molecule has 1 aromatic carbocycles. The molecule has 0 saturated carbocycles. The molecule has 0 aliphatic carbocycles. The zero-order valence-corrected chi connectivity index (χ0v) is 14.6. The highest BCUT2D eigenvalue weighted by Crippen LogP contribution is 2.15. The number of anilines is 1. The van der Waals surface area contributed by atoms with E-state index in [2.05, 4.69) is 20.2 Å². The van der Waals surface area contributed by atoms with Gasteiger partial charge in [-0.25, -0.2) is 9.97 Å². The van der Waals surface area contributed by atoms with Crippen LogP contribution < -0.4 is 15.0 Å². The second-order valence-electron chi connectivity index (χ2n) is 6.04. The number of ether oxygens (including phenoxy) is 1. The van der Waals surface area contributed by atoms with Crippen LogP contribution in [0.25, 0.3) is 0 Å². The Kier molecular flexibility index (Phi) is 5.82. The number of carbonyl (C=O) groups is 1. The fraction of sp³-hybridized carbons (Fsp3) is 0.421. The Morgan fingerprint density at radius 1 is 1.16 bits per heavy atom. The smallest absolute Gasteiger partial charge is 0.251 e. The number of amides is 1. The summed E-state index contributed by atoms with van der Waals surface area (Å²) in [6, 6.07) is 8.97. The molecule has 0 radical (unpaired) electrons. The first kappa shape index (κ1) is 17.2. The molecule has 25 heavy (non-hydrogen) atoms. The Labute approximate surface area is 148 Å². The maximum atomic E-state index is 12.3. The standard InChI is InChI=1S/C19H24N4O2/c1-2-25-17-8-6-15(7-9-17)18(24)21-14-16-10-11-20-19(22-16)23-12-4-3-5-13-23/h6-11H,2-5,12-14H2,1H3,(H,21,24). The summed E-state index contributed by atoms with van der Waals surface area (Å²) in [7, 11) is 0. The van der Waals surface area contributed by atoms with Gasteiger partial charge in [-0.05, 0) is 56.5 Å². The molecular weight excluding hydrogens is 316 g/mol. The summed E-state index contributed by atoms with van der Waals surface area (Å²) in [6.07, 6.45) is 5.40. The molecule has 132 valence electrons. The van der Waals surface area contributed by atoms with Gasteiger partial charge < -0.3 is 15.0 Å². The van der Waals surface area contributed by atoms with Crippen LogP contribution in [0.15, 0.2) is 36.5 Å². The van der Waals surface area contributed by atoms with Gasteiger partial charge in [0.2, 0.25) is 5.95 Å². The number of nitrogens with one attached hydrogen (secondary N) is 1. The van der Waals surface area contributed by atoms with E-state index < -0.39 is 0 Å². The lowest BCUT2D eigenvalue weighted by Crippen LogP contribution is -2.31. The number of nitrogens with zero attached hydrogens (tertiary/aromatic N) is 3. The SMILES string of the molecule is CCOc1ccc(C(=O)NCc2ccnc(N3CCCCC3)n2)cc1. The van der Waals surface area contributed by atoms with Crippen LogP contribution in [0.1, 0.15) is 42.2 Å². The van der Waals surface area contributed by atoms with Gasteiger partial charge in [0.05, 0.1) is 18.8 Å². The number of rotatable bonds is 6. The lowest BCUT2D eigenvalue weighted by atomic mass is 10.1. The quantitative estimate of drug-likeness (QED) is 0.876. The van der Waals surface area contributed by atoms with Crippen molar-refractivity contribution >= 4 is 11.9 Å².